The third kappa shape index (κ3) is 3.28. The summed E-state index contributed by atoms with van der Waals surface area (Å²) in [5.74, 6) is 0. The maximum Gasteiger partial charge on any atom is 0.192 e. The van der Waals surface area contributed by atoms with E-state index in [1.165, 1.54) is 11.8 Å². The van der Waals surface area contributed by atoms with Crippen LogP contribution in [0.1, 0.15) is 25.0 Å². The molecule has 1 N–H and O–H groups in total. The van der Waals surface area contributed by atoms with Crippen molar-refractivity contribution in [1.29, 1.82) is 0 Å². The number of aromatic nitrogens is 2. The van der Waals surface area contributed by atoms with Crippen LogP contribution < -0.4 is 0 Å². The van der Waals surface area contributed by atoms with Gasteiger partial charge in [0.1, 0.15) is 0 Å². The smallest absolute Gasteiger partial charge is 0.192 e. The summed E-state index contributed by atoms with van der Waals surface area (Å²) in [5, 5.41) is 10.4. The van der Waals surface area contributed by atoms with E-state index in [9.17, 15) is 5.11 Å². The van der Waals surface area contributed by atoms with Crippen LogP contribution in [0.2, 0.25) is 0 Å². The number of aliphatic hydroxyl groups is 1. The second-order valence-electron chi connectivity index (χ2n) is 3.63. The topological polar surface area (TPSA) is 46.0 Å². The molecule has 0 aliphatic rings. The van der Waals surface area contributed by atoms with Gasteiger partial charge in [0.15, 0.2) is 5.16 Å². The van der Waals surface area contributed by atoms with Crippen LogP contribution >= 0.6 is 11.8 Å². The molecule has 1 aromatic carbocycles. The zero-order chi connectivity index (χ0) is 12.1. The predicted octanol–water partition coefficient (Wildman–Crippen LogP) is 3.07. The normalized spacial score (nSPS) is 12.4. The number of aliphatic hydroxyl groups excluding tert-OH is 1. The molecule has 88 valence electrons. The Morgan fingerprint density at radius 2 is 1.82 bits per heavy atom. The van der Waals surface area contributed by atoms with E-state index in [0.717, 1.165) is 22.0 Å². The monoisotopic (exact) mass is 246 g/mol. The molecular formula is C13H14N2OS. The molecular weight excluding hydrogens is 232 g/mol. The molecule has 2 rings (SSSR count). The number of hydrogen-bond acceptors (Lipinski definition) is 4. The fourth-order valence-electron chi connectivity index (χ4n) is 1.44. The van der Waals surface area contributed by atoms with E-state index in [1.54, 1.807) is 18.5 Å². The lowest BCUT2D eigenvalue weighted by Gasteiger charge is -2.08. The van der Waals surface area contributed by atoms with Crippen molar-refractivity contribution in [2.24, 2.45) is 0 Å². The zero-order valence-electron chi connectivity index (χ0n) is 9.58. The van der Waals surface area contributed by atoms with Gasteiger partial charge in [-0.25, -0.2) is 9.97 Å². The Morgan fingerprint density at radius 3 is 2.41 bits per heavy atom. The molecule has 0 amide bonds. The highest BCUT2D eigenvalue weighted by atomic mass is 32.2. The van der Waals surface area contributed by atoms with Crippen LogP contribution in [-0.4, -0.2) is 15.1 Å². The lowest BCUT2D eigenvalue weighted by molar-refractivity contribution is 0.173. The molecule has 0 saturated heterocycles. The molecule has 0 spiro atoms. The first-order valence-corrected chi connectivity index (χ1v) is 6.34. The van der Waals surface area contributed by atoms with Gasteiger partial charge in [0.2, 0.25) is 0 Å². The summed E-state index contributed by atoms with van der Waals surface area (Å²) in [6.45, 7) is 1.96. The molecule has 17 heavy (non-hydrogen) atoms. The molecule has 1 atom stereocenters. The van der Waals surface area contributed by atoms with Gasteiger partial charge in [-0.15, -0.1) is 0 Å². The second kappa shape index (κ2) is 5.80. The van der Waals surface area contributed by atoms with Gasteiger partial charge in [0, 0.05) is 17.3 Å². The van der Waals surface area contributed by atoms with E-state index in [-0.39, 0.29) is 6.10 Å². The maximum absolute atomic E-state index is 9.68. The van der Waals surface area contributed by atoms with Gasteiger partial charge >= 0.3 is 0 Å². The summed E-state index contributed by atoms with van der Waals surface area (Å²) < 4.78 is 0. The van der Waals surface area contributed by atoms with Crippen molar-refractivity contribution < 1.29 is 5.11 Å². The van der Waals surface area contributed by atoms with Crippen molar-refractivity contribution in [3.05, 3.63) is 48.3 Å². The Hall–Kier alpha value is -1.39. The van der Waals surface area contributed by atoms with E-state index < -0.39 is 0 Å². The minimum atomic E-state index is -0.373. The molecule has 1 heterocycles. The van der Waals surface area contributed by atoms with Crippen LogP contribution in [0.25, 0.3) is 0 Å². The third-order valence-electron chi connectivity index (χ3n) is 2.40. The van der Waals surface area contributed by atoms with E-state index >= 15 is 0 Å². The molecule has 3 nitrogen and oxygen atoms in total. The summed E-state index contributed by atoms with van der Waals surface area (Å²) in [6.07, 6.45) is 3.81. The van der Waals surface area contributed by atoms with E-state index in [2.05, 4.69) is 9.97 Å². The molecule has 0 aliphatic carbocycles. The summed E-state index contributed by atoms with van der Waals surface area (Å²) >= 11 is 1.51. The Bertz CT molecular complexity index is 459. The number of hydrogen-bond donors (Lipinski definition) is 1. The quantitative estimate of drug-likeness (QED) is 0.842. The van der Waals surface area contributed by atoms with Gasteiger partial charge in [-0.05, 0) is 41.9 Å². The Morgan fingerprint density at radius 1 is 1.18 bits per heavy atom. The first kappa shape index (κ1) is 12.1. The highest BCUT2D eigenvalue weighted by Gasteiger charge is 2.05. The Kier molecular flexibility index (Phi) is 4.12. The second-order valence-corrected chi connectivity index (χ2v) is 4.67. The lowest BCUT2D eigenvalue weighted by atomic mass is 10.1. The van der Waals surface area contributed by atoms with Gasteiger partial charge in [-0.2, -0.15) is 0 Å². The van der Waals surface area contributed by atoms with Crippen molar-refractivity contribution in [2.45, 2.75) is 29.5 Å². The summed E-state index contributed by atoms with van der Waals surface area (Å²) in [7, 11) is 0. The SMILES string of the molecule is CC[C@@H](O)c1ccc(Sc2ncccn2)cc1. The Labute approximate surface area is 105 Å². The maximum atomic E-state index is 9.68. The fourth-order valence-corrected chi connectivity index (χ4v) is 2.15. The van der Waals surface area contributed by atoms with Crippen molar-refractivity contribution in [2.75, 3.05) is 0 Å². The van der Waals surface area contributed by atoms with Crippen molar-refractivity contribution in [3.8, 4) is 0 Å². The van der Waals surface area contributed by atoms with E-state index in [4.69, 9.17) is 0 Å². The number of nitrogens with zero attached hydrogens (tertiary/aromatic N) is 2. The molecule has 2 aromatic rings. The first-order valence-electron chi connectivity index (χ1n) is 5.52. The zero-order valence-corrected chi connectivity index (χ0v) is 10.4. The fraction of sp³-hybridized carbons (Fsp3) is 0.231. The molecule has 0 fully saturated rings. The number of rotatable bonds is 4. The molecule has 0 saturated carbocycles. The third-order valence-corrected chi connectivity index (χ3v) is 3.30. The van der Waals surface area contributed by atoms with Crippen molar-refractivity contribution >= 4 is 11.8 Å². The average molecular weight is 246 g/mol. The largest absolute Gasteiger partial charge is 0.388 e. The molecule has 0 aliphatic heterocycles. The van der Waals surface area contributed by atoms with Crippen LogP contribution in [-0.2, 0) is 0 Å². The summed E-state index contributed by atoms with van der Waals surface area (Å²) in [5.41, 5.74) is 0.950. The van der Waals surface area contributed by atoms with Crippen LogP contribution in [0.4, 0.5) is 0 Å². The molecule has 0 bridgehead atoms. The van der Waals surface area contributed by atoms with E-state index in [0.29, 0.717) is 0 Å². The van der Waals surface area contributed by atoms with E-state index in [1.807, 2.05) is 31.2 Å². The van der Waals surface area contributed by atoms with Gasteiger partial charge in [-0.1, -0.05) is 19.1 Å². The van der Waals surface area contributed by atoms with Gasteiger partial charge in [-0.3, -0.25) is 0 Å². The van der Waals surface area contributed by atoms with Crippen LogP contribution in [0.5, 0.6) is 0 Å². The predicted molar refractivity (Wildman–Crippen MR) is 67.8 cm³/mol. The molecule has 0 unspecified atom stereocenters. The van der Waals surface area contributed by atoms with Crippen molar-refractivity contribution in [3.63, 3.8) is 0 Å². The van der Waals surface area contributed by atoms with Crippen LogP contribution in [0.3, 0.4) is 0 Å². The van der Waals surface area contributed by atoms with Crippen LogP contribution in [0.15, 0.2) is 52.8 Å². The molecule has 0 radical (unpaired) electrons. The molecule has 1 aromatic heterocycles. The number of benzene rings is 1. The minimum Gasteiger partial charge on any atom is -0.388 e. The van der Waals surface area contributed by atoms with Gasteiger partial charge in [0.05, 0.1) is 6.10 Å². The standard InChI is InChI=1S/C13H14N2OS/c1-2-12(16)10-4-6-11(7-5-10)17-13-14-8-3-9-15-13/h3-9,12,16H,2H2,1H3/t12-/m1/s1. The summed E-state index contributed by atoms with van der Waals surface area (Å²) in [4.78, 5) is 9.37. The highest BCUT2D eigenvalue weighted by molar-refractivity contribution is 7.99. The van der Waals surface area contributed by atoms with Crippen LogP contribution in [0, 0.1) is 0 Å². The van der Waals surface area contributed by atoms with Crippen molar-refractivity contribution in [1.82, 2.24) is 9.97 Å². The highest BCUT2D eigenvalue weighted by Crippen LogP contribution is 2.26. The Balaban J connectivity index is 2.08. The average Bonchev–Trinajstić information content (AvgIpc) is 2.40. The first-order chi connectivity index (χ1) is 8.29. The summed E-state index contributed by atoms with van der Waals surface area (Å²) in [6, 6.07) is 9.65. The molecule has 4 heteroatoms. The van der Waals surface area contributed by atoms with Gasteiger partial charge in [0.25, 0.3) is 0 Å². The van der Waals surface area contributed by atoms with Gasteiger partial charge < -0.3 is 5.11 Å². The minimum absolute atomic E-state index is 0.373. The lowest BCUT2D eigenvalue weighted by Crippen LogP contribution is -1.94.